The number of carbonyl (C=O) groups is 8. The fraction of sp³-hybridized carbons (Fsp3) is 0.855. The molecule has 0 unspecified atom stereocenters. The lowest BCUT2D eigenvalue weighted by molar-refractivity contribution is -0.132. The molecule has 0 aliphatic heterocycles. The standard InChI is InChI=1S/C62H118N10O14/c1-4-6-8-10-12-14-16-18-20-30-55(74)68-35-38-81-41-44-84-48-53(73)47-52(28-22-24-32-66-57(76)49-85-45-42-82-39-36-69-56(75)31-21-19-17-15-13-11-9-7-5-2)61(80)70-37-40-83-43-46-86-50-58(77)67-33-25-23-29-54(59(63)78)72-60(79)51(3)27-26-34-71-62(64)65/h51-52,54H,4-50H2,1-3H3,(H2,63,78)(H,66,76)(H,67,77)(H,68,74)(H,69,75)(H,70,80)(H,72,79)(H4,64,65,71)/t51-,52+,54-/m0/s1. The maximum Gasteiger partial charge on any atom is 0.245 e. The van der Waals surface area contributed by atoms with E-state index in [9.17, 15) is 38.4 Å². The first-order valence-electron chi connectivity index (χ1n) is 32.7. The van der Waals surface area contributed by atoms with Crippen LogP contribution in [-0.4, -0.2) is 178 Å². The number of carbonyl (C=O) groups excluding carboxylic acids is 8. The number of nitrogens with one attached hydrogen (secondary N) is 6. The Morgan fingerprint density at radius 1 is 0.395 bits per heavy atom. The molecule has 24 nitrogen and oxygen atoms in total. The number of nitrogens with two attached hydrogens (primary N) is 3. The minimum absolute atomic E-state index is 0.0130. The zero-order valence-electron chi connectivity index (χ0n) is 53.4. The third-order valence-electron chi connectivity index (χ3n) is 14.1. The van der Waals surface area contributed by atoms with Gasteiger partial charge in [-0.3, -0.25) is 43.3 Å². The summed E-state index contributed by atoms with van der Waals surface area (Å²) >= 11 is 0. The third-order valence-corrected chi connectivity index (χ3v) is 14.1. The van der Waals surface area contributed by atoms with Crippen LogP contribution in [-0.2, 0) is 66.8 Å². The van der Waals surface area contributed by atoms with Gasteiger partial charge in [-0.05, 0) is 57.8 Å². The van der Waals surface area contributed by atoms with Gasteiger partial charge in [0.25, 0.3) is 0 Å². The van der Waals surface area contributed by atoms with Crippen LogP contribution < -0.4 is 49.1 Å². The first kappa shape index (κ1) is 81.0. The number of aliphatic imine (C=N–C) groups is 1. The highest BCUT2D eigenvalue weighted by Crippen LogP contribution is 2.16. The highest BCUT2D eigenvalue weighted by atomic mass is 16.5. The van der Waals surface area contributed by atoms with E-state index in [0.29, 0.717) is 110 Å². The van der Waals surface area contributed by atoms with Crippen molar-refractivity contribution in [2.24, 2.45) is 34.0 Å². The summed E-state index contributed by atoms with van der Waals surface area (Å²) in [5.41, 5.74) is 16.2. The van der Waals surface area contributed by atoms with Crippen molar-refractivity contribution < 1.29 is 66.8 Å². The number of Topliss-reactive ketones (excluding diaryl/α,β-unsaturated/α-hetero) is 1. The Morgan fingerprint density at radius 3 is 1.26 bits per heavy atom. The Labute approximate surface area is 515 Å². The average molecular weight is 1230 g/mol. The fourth-order valence-electron chi connectivity index (χ4n) is 9.00. The fourth-order valence-corrected chi connectivity index (χ4v) is 9.00. The monoisotopic (exact) mass is 1230 g/mol. The van der Waals surface area contributed by atoms with E-state index in [1.807, 2.05) is 0 Å². The van der Waals surface area contributed by atoms with Crippen LogP contribution in [0.2, 0.25) is 0 Å². The number of ketones is 1. The van der Waals surface area contributed by atoms with E-state index in [2.05, 4.69) is 50.7 Å². The van der Waals surface area contributed by atoms with Crippen molar-refractivity contribution in [2.45, 2.75) is 213 Å². The Bertz CT molecular complexity index is 1780. The third kappa shape index (κ3) is 55.6. The molecule has 12 N–H and O–H groups in total. The highest BCUT2D eigenvalue weighted by molar-refractivity contribution is 5.88. The maximum atomic E-state index is 13.4. The van der Waals surface area contributed by atoms with Crippen molar-refractivity contribution >= 4 is 53.1 Å². The molecule has 0 radical (unpaired) electrons. The first-order valence-corrected chi connectivity index (χ1v) is 32.7. The molecular weight excluding hydrogens is 1110 g/mol. The summed E-state index contributed by atoms with van der Waals surface area (Å²) in [6, 6.07) is -0.831. The van der Waals surface area contributed by atoms with Gasteiger partial charge in [0.05, 0.1) is 59.5 Å². The quantitative estimate of drug-likeness (QED) is 0.0218. The molecule has 0 aromatic heterocycles. The zero-order chi connectivity index (χ0) is 63.4. The van der Waals surface area contributed by atoms with E-state index >= 15 is 0 Å². The van der Waals surface area contributed by atoms with Crippen molar-refractivity contribution in [1.29, 1.82) is 0 Å². The zero-order valence-corrected chi connectivity index (χ0v) is 53.4. The van der Waals surface area contributed by atoms with Gasteiger partial charge in [-0.1, -0.05) is 130 Å². The Hall–Kier alpha value is -5.01. The normalized spacial score (nSPS) is 12.2. The summed E-state index contributed by atoms with van der Waals surface area (Å²) in [4.78, 5) is 104. The second-order valence-electron chi connectivity index (χ2n) is 22.1. The van der Waals surface area contributed by atoms with Crippen LogP contribution in [0.5, 0.6) is 0 Å². The van der Waals surface area contributed by atoms with Crippen molar-refractivity contribution in [1.82, 2.24) is 31.9 Å². The van der Waals surface area contributed by atoms with Gasteiger partial charge in [-0.25, -0.2) is 0 Å². The molecule has 0 aromatic carbocycles. The van der Waals surface area contributed by atoms with Gasteiger partial charge < -0.3 is 77.5 Å². The summed E-state index contributed by atoms with van der Waals surface area (Å²) in [5, 5.41) is 16.9. The van der Waals surface area contributed by atoms with Crippen molar-refractivity contribution in [3.63, 3.8) is 0 Å². The number of rotatable bonds is 64. The minimum Gasteiger partial charge on any atom is -0.377 e. The maximum absolute atomic E-state index is 13.4. The van der Waals surface area contributed by atoms with Crippen LogP contribution in [0.25, 0.3) is 0 Å². The van der Waals surface area contributed by atoms with E-state index in [-0.39, 0.29) is 132 Å². The molecule has 0 bridgehead atoms. The van der Waals surface area contributed by atoms with Crippen LogP contribution in [0.1, 0.15) is 207 Å². The Balaban J connectivity index is 4.60. The number of hydrogen-bond donors (Lipinski definition) is 9. The predicted molar refractivity (Wildman–Crippen MR) is 335 cm³/mol. The van der Waals surface area contributed by atoms with E-state index in [1.165, 1.54) is 83.5 Å². The summed E-state index contributed by atoms with van der Waals surface area (Å²) in [6.07, 6.45) is 26.6. The van der Waals surface area contributed by atoms with Gasteiger partial charge >= 0.3 is 0 Å². The van der Waals surface area contributed by atoms with E-state index < -0.39 is 17.9 Å². The molecule has 500 valence electrons. The first-order chi connectivity index (χ1) is 41.7. The molecule has 86 heavy (non-hydrogen) atoms. The molecule has 0 aliphatic carbocycles. The SMILES string of the molecule is CCCCCCCCCCCC(=O)NCCOCCOCC(=O)C[C@@H](CCCCNC(=O)COCCOCCNC(=O)CCCCCCCCCCC)C(=O)NCCOCCOCC(=O)NCCCC[C@H](NC(=O)[C@@H](C)CCCN=C(N)N)C(N)=O. The molecule has 0 heterocycles. The van der Waals surface area contributed by atoms with Crippen LogP contribution in [0.4, 0.5) is 0 Å². The summed E-state index contributed by atoms with van der Waals surface area (Å²) < 4.78 is 33.1. The Morgan fingerprint density at radius 2 is 0.802 bits per heavy atom. The molecule has 0 saturated heterocycles. The number of hydrogen-bond acceptors (Lipinski definition) is 15. The highest BCUT2D eigenvalue weighted by Gasteiger charge is 2.23. The second-order valence-corrected chi connectivity index (χ2v) is 22.1. The number of unbranched alkanes of at least 4 members (excludes halogenated alkanes) is 18. The molecule has 0 rings (SSSR count). The molecular formula is C62H118N10O14. The van der Waals surface area contributed by atoms with Gasteiger partial charge in [0.2, 0.25) is 41.4 Å². The van der Waals surface area contributed by atoms with Gasteiger partial charge in [0.1, 0.15) is 25.9 Å². The number of amides is 7. The number of ether oxygens (including phenoxy) is 6. The van der Waals surface area contributed by atoms with Crippen LogP contribution in [0, 0.1) is 11.8 Å². The smallest absolute Gasteiger partial charge is 0.245 e. The molecule has 0 aliphatic rings. The van der Waals surface area contributed by atoms with Crippen molar-refractivity contribution in [3.8, 4) is 0 Å². The number of primary amides is 1. The lowest BCUT2D eigenvalue weighted by Gasteiger charge is -2.18. The molecule has 3 atom stereocenters. The summed E-state index contributed by atoms with van der Waals surface area (Å²) in [7, 11) is 0. The summed E-state index contributed by atoms with van der Waals surface area (Å²) in [6.45, 7) is 9.82. The molecule has 0 aromatic rings. The second kappa shape index (κ2) is 60.3. The van der Waals surface area contributed by atoms with Crippen molar-refractivity contribution in [2.75, 3.05) is 119 Å². The minimum atomic E-state index is -0.831. The molecule has 24 heteroatoms. The van der Waals surface area contributed by atoms with Crippen LogP contribution >= 0.6 is 0 Å². The Kier molecular flexibility index (Phi) is 56.8. The predicted octanol–water partition coefficient (Wildman–Crippen LogP) is 5.08. The van der Waals surface area contributed by atoms with Crippen LogP contribution in [0.15, 0.2) is 4.99 Å². The van der Waals surface area contributed by atoms with E-state index in [1.54, 1.807) is 6.92 Å². The molecule has 0 fully saturated rings. The van der Waals surface area contributed by atoms with E-state index in [0.717, 1.165) is 32.1 Å². The number of guanidine groups is 1. The molecule has 0 saturated carbocycles. The molecule has 7 amide bonds. The van der Waals surface area contributed by atoms with Gasteiger partial charge in [0, 0.05) is 70.4 Å². The lowest BCUT2D eigenvalue weighted by Crippen LogP contribution is -2.46. The van der Waals surface area contributed by atoms with Gasteiger partial charge in [0.15, 0.2) is 11.7 Å². The van der Waals surface area contributed by atoms with E-state index in [4.69, 9.17) is 45.6 Å². The number of nitrogens with zero attached hydrogens (tertiary/aromatic N) is 1. The summed E-state index contributed by atoms with van der Waals surface area (Å²) in [5.74, 6) is -3.06. The largest absolute Gasteiger partial charge is 0.377 e. The topological polar surface area (TPSA) is 355 Å². The average Bonchev–Trinajstić information content (AvgIpc) is 3.56. The van der Waals surface area contributed by atoms with Crippen LogP contribution in [0.3, 0.4) is 0 Å². The van der Waals surface area contributed by atoms with Gasteiger partial charge in [-0.2, -0.15) is 0 Å². The van der Waals surface area contributed by atoms with Crippen molar-refractivity contribution in [3.05, 3.63) is 0 Å². The lowest BCUT2D eigenvalue weighted by atomic mass is 9.95. The van der Waals surface area contributed by atoms with Gasteiger partial charge in [-0.15, -0.1) is 0 Å². The molecule has 0 spiro atoms.